The van der Waals surface area contributed by atoms with Gasteiger partial charge in [-0.05, 0) is 12.8 Å². The number of rotatable bonds is 7. The summed E-state index contributed by atoms with van der Waals surface area (Å²) in [5.41, 5.74) is 0. The molecule has 0 aliphatic carbocycles. The first kappa shape index (κ1) is 17.3. The second-order valence-corrected chi connectivity index (χ2v) is 6.75. The van der Waals surface area contributed by atoms with Crippen molar-refractivity contribution < 1.29 is 17.9 Å². The molecule has 0 aliphatic heterocycles. The number of carbonyl (C=O) groups excluding carboxylic acids is 1. The molecule has 18 heavy (non-hydrogen) atoms. The third kappa shape index (κ3) is 4.55. The Kier molecular flexibility index (Phi) is 6.80. The highest BCUT2D eigenvalue weighted by Gasteiger charge is 2.29. The van der Waals surface area contributed by atoms with Crippen molar-refractivity contribution in [3.05, 3.63) is 0 Å². The normalized spacial score (nSPS) is 14.3. The van der Waals surface area contributed by atoms with Gasteiger partial charge in [0.15, 0.2) is 0 Å². The van der Waals surface area contributed by atoms with Gasteiger partial charge in [0, 0.05) is 26.7 Å². The third-order valence-corrected chi connectivity index (χ3v) is 5.19. The van der Waals surface area contributed by atoms with Gasteiger partial charge in [-0.1, -0.05) is 13.8 Å². The van der Waals surface area contributed by atoms with Gasteiger partial charge in [-0.25, -0.2) is 0 Å². The lowest BCUT2D eigenvalue weighted by Gasteiger charge is -2.30. The van der Waals surface area contributed by atoms with Crippen molar-refractivity contribution in [3.63, 3.8) is 0 Å². The Labute approximate surface area is 110 Å². The predicted molar refractivity (Wildman–Crippen MR) is 70.2 cm³/mol. The molecule has 0 rings (SSSR count). The van der Waals surface area contributed by atoms with Crippen molar-refractivity contribution in [1.82, 2.24) is 8.61 Å². The summed E-state index contributed by atoms with van der Waals surface area (Å²) in [6.07, 6.45) is 0.0517. The van der Waals surface area contributed by atoms with Crippen molar-refractivity contribution in [1.29, 1.82) is 0 Å². The number of carbonyl (C=O) groups is 1. The van der Waals surface area contributed by atoms with E-state index in [1.165, 1.54) is 22.8 Å². The van der Waals surface area contributed by atoms with Crippen molar-refractivity contribution in [2.75, 3.05) is 27.7 Å². The van der Waals surface area contributed by atoms with Gasteiger partial charge in [-0.15, -0.1) is 0 Å². The second-order valence-electron chi connectivity index (χ2n) is 4.66. The zero-order valence-electron chi connectivity index (χ0n) is 12.0. The van der Waals surface area contributed by atoms with Gasteiger partial charge in [-0.3, -0.25) is 4.79 Å². The molecule has 1 atom stereocenters. The lowest BCUT2D eigenvalue weighted by atomic mass is 10.1. The van der Waals surface area contributed by atoms with Crippen LogP contribution in [0.1, 0.15) is 27.2 Å². The van der Waals surface area contributed by atoms with Gasteiger partial charge < -0.3 is 4.74 Å². The standard InChI is InChI=1S/C11H24N2O4S/c1-9(2)10(3)13(5)18(15,16)12(4)8-7-11(14)17-6/h9-10H,7-8H2,1-6H3. The average molecular weight is 280 g/mol. The smallest absolute Gasteiger partial charge is 0.306 e. The fourth-order valence-corrected chi connectivity index (χ4v) is 2.74. The summed E-state index contributed by atoms with van der Waals surface area (Å²) in [6.45, 7) is 5.90. The number of hydrogen-bond acceptors (Lipinski definition) is 4. The third-order valence-electron chi connectivity index (χ3n) is 3.15. The Balaban J connectivity index is 4.66. The van der Waals surface area contributed by atoms with Crippen LogP contribution in [-0.2, 0) is 19.7 Å². The Hall–Kier alpha value is -0.660. The molecule has 6 nitrogen and oxygen atoms in total. The zero-order valence-corrected chi connectivity index (χ0v) is 12.8. The van der Waals surface area contributed by atoms with Crippen LogP contribution < -0.4 is 0 Å². The van der Waals surface area contributed by atoms with E-state index in [4.69, 9.17) is 0 Å². The maximum atomic E-state index is 12.2. The summed E-state index contributed by atoms with van der Waals surface area (Å²) in [6, 6.07) is -0.101. The molecule has 0 aromatic carbocycles. The first-order chi connectivity index (χ1) is 8.14. The van der Waals surface area contributed by atoms with E-state index in [-0.39, 0.29) is 24.9 Å². The first-order valence-corrected chi connectivity index (χ1v) is 7.30. The zero-order chi connectivity index (χ0) is 14.5. The summed E-state index contributed by atoms with van der Waals surface area (Å²) in [4.78, 5) is 11.0. The maximum Gasteiger partial charge on any atom is 0.306 e. The van der Waals surface area contributed by atoms with Crippen molar-refractivity contribution in [2.45, 2.75) is 33.2 Å². The van der Waals surface area contributed by atoms with Gasteiger partial charge >= 0.3 is 5.97 Å². The van der Waals surface area contributed by atoms with Crippen molar-refractivity contribution >= 4 is 16.2 Å². The number of nitrogens with zero attached hydrogens (tertiary/aromatic N) is 2. The summed E-state index contributed by atoms with van der Waals surface area (Å²) < 4.78 is 31.3. The van der Waals surface area contributed by atoms with E-state index in [1.54, 1.807) is 7.05 Å². The molecule has 1 unspecified atom stereocenters. The molecule has 0 radical (unpaired) electrons. The highest BCUT2D eigenvalue weighted by molar-refractivity contribution is 7.86. The summed E-state index contributed by atoms with van der Waals surface area (Å²) in [7, 11) is 0.764. The van der Waals surface area contributed by atoms with Crippen LogP contribution in [0.3, 0.4) is 0 Å². The molecule has 7 heteroatoms. The first-order valence-electron chi connectivity index (χ1n) is 5.90. The highest BCUT2D eigenvalue weighted by atomic mass is 32.2. The fraction of sp³-hybridized carbons (Fsp3) is 0.909. The predicted octanol–water partition coefficient (Wildman–Crippen LogP) is 0.702. The molecule has 0 amide bonds. The second kappa shape index (κ2) is 7.06. The minimum absolute atomic E-state index is 0.0517. The molecule has 0 spiro atoms. The molecule has 0 N–H and O–H groups in total. The number of ether oxygens (including phenoxy) is 1. The van der Waals surface area contributed by atoms with E-state index >= 15 is 0 Å². The monoisotopic (exact) mass is 280 g/mol. The lowest BCUT2D eigenvalue weighted by Crippen LogP contribution is -2.46. The molecule has 0 aromatic rings. The molecular formula is C11H24N2O4S. The Morgan fingerprint density at radius 2 is 1.72 bits per heavy atom. The largest absolute Gasteiger partial charge is 0.469 e. The Bertz CT molecular complexity index is 367. The van der Waals surface area contributed by atoms with Gasteiger partial charge in [0.1, 0.15) is 0 Å². The topological polar surface area (TPSA) is 66.9 Å². The van der Waals surface area contributed by atoms with Crippen LogP contribution in [0.2, 0.25) is 0 Å². The number of methoxy groups -OCH3 is 1. The number of esters is 1. The van der Waals surface area contributed by atoms with Gasteiger partial charge in [-0.2, -0.15) is 17.0 Å². The minimum atomic E-state index is -3.53. The van der Waals surface area contributed by atoms with Crippen LogP contribution in [0, 0.1) is 5.92 Å². The van der Waals surface area contributed by atoms with E-state index in [1.807, 2.05) is 20.8 Å². The van der Waals surface area contributed by atoms with Crippen molar-refractivity contribution in [2.24, 2.45) is 5.92 Å². The molecule has 0 heterocycles. The SMILES string of the molecule is COC(=O)CCN(C)S(=O)(=O)N(C)C(C)C(C)C. The summed E-state index contributed by atoms with van der Waals surface area (Å²) in [5, 5.41) is 0. The Morgan fingerprint density at radius 3 is 2.11 bits per heavy atom. The van der Waals surface area contributed by atoms with Crippen LogP contribution in [-0.4, -0.2) is 56.8 Å². The van der Waals surface area contributed by atoms with Crippen LogP contribution in [0.4, 0.5) is 0 Å². The minimum Gasteiger partial charge on any atom is -0.469 e. The van der Waals surface area contributed by atoms with E-state index in [0.29, 0.717) is 0 Å². The fourth-order valence-electron chi connectivity index (χ4n) is 1.32. The van der Waals surface area contributed by atoms with Crippen LogP contribution in [0.5, 0.6) is 0 Å². The van der Waals surface area contributed by atoms with E-state index < -0.39 is 16.2 Å². The quantitative estimate of drug-likeness (QED) is 0.644. The highest BCUT2D eigenvalue weighted by Crippen LogP contribution is 2.14. The van der Waals surface area contributed by atoms with E-state index in [9.17, 15) is 13.2 Å². The molecule has 0 fully saturated rings. The lowest BCUT2D eigenvalue weighted by molar-refractivity contribution is -0.140. The van der Waals surface area contributed by atoms with Crippen molar-refractivity contribution in [3.8, 4) is 0 Å². The molecule has 0 aromatic heterocycles. The molecule has 0 saturated carbocycles. The van der Waals surface area contributed by atoms with E-state index in [2.05, 4.69) is 4.74 Å². The van der Waals surface area contributed by atoms with Crippen LogP contribution in [0.15, 0.2) is 0 Å². The van der Waals surface area contributed by atoms with Gasteiger partial charge in [0.2, 0.25) is 0 Å². The summed E-state index contributed by atoms with van der Waals surface area (Å²) >= 11 is 0. The molecule has 108 valence electrons. The summed E-state index contributed by atoms with van der Waals surface area (Å²) in [5.74, 6) is -0.199. The average Bonchev–Trinajstić information content (AvgIpc) is 2.32. The molecule has 0 bridgehead atoms. The van der Waals surface area contributed by atoms with E-state index in [0.717, 1.165) is 0 Å². The maximum absolute atomic E-state index is 12.2. The molecule has 0 saturated heterocycles. The van der Waals surface area contributed by atoms with Crippen LogP contribution >= 0.6 is 0 Å². The molecule has 0 aliphatic rings. The molecular weight excluding hydrogens is 256 g/mol. The van der Waals surface area contributed by atoms with Gasteiger partial charge in [0.05, 0.1) is 13.5 Å². The Morgan fingerprint density at radius 1 is 1.22 bits per heavy atom. The van der Waals surface area contributed by atoms with Crippen LogP contribution in [0.25, 0.3) is 0 Å². The van der Waals surface area contributed by atoms with Gasteiger partial charge in [0.25, 0.3) is 10.2 Å². The number of hydrogen-bond donors (Lipinski definition) is 0.